The maximum atomic E-state index is 12.0. The molecule has 0 spiro atoms. The predicted molar refractivity (Wildman–Crippen MR) is 101 cm³/mol. The van der Waals surface area contributed by atoms with Crippen molar-refractivity contribution in [3.63, 3.8) is 0 Å². The standard InChI is InChI=1S/C20H22ClNO3/c1-4-25-20-17(21)11-16(12-18(20)24-3)13-22-19(23)10-9-15-7-5-14(2)6-8-15/h5-12H,4,13H2,1-3H3,(H,22,23)/b10-9+. The summed E-state index contributed by atoms with van der Waals surface area (Å²) in [7, 11) is 1.56. The molecule has 0 saturated carbocycles. The number of aryl methyl sites for hydroxylation is 1. The lowest BCUT2D eigenvalue weighted by molar-refractivity contribution is -0.116. The van der Waals surface area contributed by atoms with Gasteiger partial charge in [-0.15, -0.1) is 0 Å². The van der Waals surface area contributed by atoms with E-state index in [2.05, 4.69) is 5.32 Å². The second-order valence-electron chi connectivity index (χ2n) is 5.50. The number of ether oxygens (including phenoxy) is 2. The molecule has 132 valence electrons. The lowest BCUT2D eigenvalue weighted by Crippen LogP contribution is -2.20. The van der Waals surface area contributed by atoms with Crippen molar-refractivity contribution in [2.24, 2.45) is 0 Å². The van der Waals surface area contributed by atoms with Crippen LogP contribution in [0.2, 0.25) is 5.02 Å². The van der Waals surface area contributed by atoms with Crippen molar-refractivity contribution in [1.29, 1.82) is 0 Å². The summed E-state index contributed by atoms with van der Waals surface area (Å²) >= 11 is 6.23. The fraction of sp³-hybridized carbons (Fsp3) is 0.250. The molecule has 4 nitrogen and oxygen atoms in total. The molecule has 2 rings (SSSR count). The summed E-state index contributed by atoms with van der Waals surface area (Å²) < 4.78 is 10.8. The van der Waals surface area contributed by atoms with Gasteiger partial charge in [0.15, 0.2) is 11.5 Å². The van der Waals surface area contributed by atoms with E-state index in [0.717, 1.165) is 11.1 Å². The number of carbonyl (C=O) groups is 1. The van der Waals surface area contributed by atoms with Crippen molar-refractivity contribution in [1.82, 2.24) is 5.32 Å². The number of benzene rings is 2. The Labute approximate surface area is 153 Å². The molecule has 0 aliphatic carbocycles. The number of methoxy groups -OCH3 is 1. The molecule has 1 N–H and O–H groups in total. The third-order valence-corrected chi connectivity index (χ3v) is 3.83. The molecule has 2 aromatic rings. The summed E-state index contributed by atoms with van der Waals surface area (Å²) in [5.41, 5.74) is 3.00. The van der Waals surface area contributed by atoms with Crippen molar-refractivity contribution >= 4 is 23.6 Å². The summed E-state index contributed by atoms with van der Waals surface area (Å²) in [6.07, 6.45) is 3.29. The number of rotatable bonds is 7. The third kappa shape index (κ3) is 5.54. The molecule has 1 amide bonds. The Bertz CT molecular complexity index is 754. The zero-order chi connectivity index (χ0) is 18.2. The number of nitrogens with one attached hydrogen (secondary N) is 1. The molecule has 0 fully saturated rings. The van der Waals surface area contributed by atoms with E-state index in [1.165, 1.54) is 11.6 Å². The second kappa shape index (κ2) is 9.14. The molecule has 0 radical (unpaired) electrons. The maximum absolute atomic E-state index is 12.0. The number of amides is 1. The Hall–Kier alpha value is -2.46. The average Bonchev–Trinajstić information content (AvgIpc) is 2.61. The van der Waals surface area contributed by atoms with Crippen LogP contribution in [0.3, 0.4) is 0 Å². The van der Waals surface area contributed by atoms with Crippen LogP contribution in [-0.2, 0) is 11.3 Å². The number of carbonyl (C=O) groups excluding carboxylic acids is 1. The predicted octanol–water partition coefficient (Wildman–Crippen LogP) is 4.39. The smallest absolute Gasteiger partial charge is 0.244 e. The maximum Gasteiger partial charge on any atom is 0.244 e. The lowest BCUT2D eigenvalue weighted by Gasteiger charge is -2.13. The van der Waals surface area contributed by atoms with E-state index in [-0.39, 0.29) is 5.91 Å². The molecule has 0 heterocycles. The van der Waals surface area contributed by atoms with Crippen LogP contribution in [-0.4, -0.2) is 19.6 Å². The summed E-state index contributed by atoms with van der Waals surface area (Å²) in [6, 6.07) is 11.5. The molecule has 0 aromatic heterocycles. The highest BCUT2D eigenvalue weighted by atomic mass is 35.5. The highest BCUT2D eigenvalue weighted by Gasteiger charge is 2.11. The van der Waals surface area contributed by atoms with E-state index in [0.29, 0.717) is 29.7 Å². The second-order valence-corrected chi connectivity index (χ2v) is 5.91. The first-order valence-corrected chi connectivity index (χ1v) is 8.43. The van der Waals surface area contributed by atoms with Gasteiger partial charge >= 0.3 is 0 Å². The first-order chi connectivity index (χ1) is 12.0. The van der Waals surface area contributed by atoms with Crippen LogP contribution >= 0.6 is 11.6 Å². The lowest BCUT2D eigenvalue weighted by atomic mass is 10.1. The minimum Gasteiger partial charge on any atom is -0.493 e. The van der Waals surface area contributed by atoms with Gasteiger partial charge in [-0.2, -0.15) is 0 Å². The molecular formula is C20H22ClNO3. The van der Waals surface area contributed by atoms with Gasteiger partial charge in [0.2, 0.25) is 5.91 Å². The van der Waals surface area contributed by atoms with Crippen LogP contribution in [0.25, 0.3) is 6.08 Å². The summed E-state index contributed by atoms with van der Waals surface area (Å²) in [4.78, 5) is 12.0. The molecule has 0 aliphatic heterocycles. The van der Waals surface area contributed by atoms with Crippen molar-refractivity contribution in [3.05, 3.63) is 64.2 Å². The van der Waals surface area contributed by atoms with Crippen molar-refractivity contribution < 1.29 is 14.3 Å². The summed E-state index contributed by atoms with van der Waals surface area (Å²) in [5, 5.41) is 3.29. The minimum absolute atomic E-state index is 0.176. The Balaban J connectivity index is 1.99. The van der Waals surface area contributed by atoms with E-state index in [9.17, 15) is 4.79 Å². The van der Waals surface area contributed by atoms with Gasteiger partial charge in [-0.05, 0) is 43.2 Å². The van der Waals surface area contributed by atoms with E-state index in [4.69, 9.17) is 21.1 Å². The van der Waals surface area contributed by atoms with E-state index in [1.807, 2.05) is 38.1 Å². The molecule has 25 heavy (non-hydrogen) atoms. The van der Waals surface area contributed by atoms with Gasteiger partial charge in [0.05, 0.1) is 18.7 Å². The van der Waals surface area contributed by atoms with E-state index >= 15 is 0 Å². The monoisotopic (exact) mass is 359 g/mol. The van der Waals surface area contributed by atoms with E-state index in [1.54, 1.807) is 25.3 Å². The zero-order valence-corrected chi connectivity index (χ0v) is 15.4. The fourth-order valence-electron chi connectivity index (χ4n) is 2.26. The van der Waals surface area contributed by atoms with Crippen LogP contribution in [0, 0.1) is 6.92 Å². The number of hydrogen-bond acceptors (Lipinski definition) is 3. The Kier molecular flexibility index (Phi) is 6.90. The fourth-order valence-corrected chi connectivity index (χ4v) is 2.55. The quantitative estimate of drug-likeness (QED) is 0.746. The number of halogens is 1. The van der Waals surface area contributed by atoms with Gasteiger partial charge in [-0.1, -0.05) is 41.4 Å². The first kappa shape index (κ1) is 18.9. The van der Waals surface area contributed by atoms with Gasteiger partial charge in [0.25, 0.3) is 0 Å². The van der Waals surface area contributed by atoms with Gasteiger partial charge < -0.3 is 14.8 Å². The number of hydrogen-bond donors (Lipinski definition) is 1. The highest BCUT2D eigenvalue weighted by molar-refractivity contribution is 6.32. The molecule has 5 heteroatoms. The summed E-state index contributed by atoms with van der Waals surface area (Å²) in [6.45, 7) is 4.75. The van der Waals surface area contributed by atoms with Crippen LogP contribution in [0.15, 0.2) is 42.5 Å². The van der Waals surface area contributed by atoms with Gasteiger partial charge in [-0.3, -0.25) is 4.79 Å². The third-order valence-electron chi connectivity index (χ3n) is 3.55. The normalized spacial score (nSPS) is 10.7. The van der Waals surface area contributed by atoms with Gasteiger partial charge in [0.1, 0.15) is 0 Å². The molecular weight excluding hydrogens is 338 g/mol. The molecule has 2 aromatic carbocycles. The molecule has 0 atom stereocenters. The Morgan fingerprint density at radius 2 is 1.96 bits per heavy atom. The molecule has 0 unspecified atom stereocenters. The molecule has 0 saturated heterocycles. The minimum atomic E-state index is -0.176. The van der Waals surface area contributed by atoms with Crippen LogP contribution < -0.4 is 14.8 Å². The Morgan fingerprint density at radius 1 is 1.24 bits per heavy atom. The van der Waals surface area contributed by atoms with Gasteiger partial charge in [-0.25, -0.2) is 0 Å². The van der Waals surface area contributed by atoms with Crippen LogP contribution in [0.4, 0.5) is 0 Å². The van der Waals surface area contributed by atoms with Crippen LogP contribution in [0.1, 0.15) is 23.6 Å². The summed E-state index contributed by atoms with van der Waals surface area (Å²) in [5.74, 6) is 0.888. The average molecular weight is 360 g/mol. The largest absolute Gasteiger partial charge is 0.493 e. The highest BCUT2D eigenvalue weighted by Crippen LogP contribution is 2.36. The van der Waals surface area contributed by atoms with Crippen LogP contribution in [0.5, 0.6) is 11.5 Å². The zero-order valence-electron chi connectivity index (χ0n) is 14.6. The van der Waals surface area contributed by atoms with Crippen molar-refractivity contribution in [3.8, 4) is 11.5 Å². The van der Waals surface area contributed by atoms with E-state index < -0.39 is 0 Å². The first-order valence-electron chi connectivity index (χ1n) is 8.05. The van der Waals surface area contributed by atoms with Crippen molar-refractivity contribution in [2.75, 3.05) is 13.7 Å². The molecule has 0 aliphatic rings. The topological polar surface area (TPSA) is 47.6 Å². The van der Waals surface area contributed by atoms with Gasteiger partial charge in [0, 0.05) is 12.6 Å². The van der Waals surface area contributed by atoms with Crippen molar-refractivity contribution in [2.45, 2.75) is 20.4 Å². The molecule has 0 bridgehead atoms. The SMILES string of the molecule is CCOc1c(Cl)cc(CNC(=O)/C=C/c2ccc(C)cc2)cc1OC. The Morgan fingerprint density at radius 3 is 2.60 bits per heavy atom.